The van der Waals surface area contributed by atoms with Gasteiger partial charge in [0.15, 0.2) is 5.78 Å². The Hall–Kier alpha value is -2.61. The van der Waals surface area contributed by atoms with E-state index in [-0.39, 0.29) is 11.7 Å². The van der Waals surface area contributed by atoms with Crippen LogP contribution < -0.4 is 4.74 Å². The van der Waals surface area contributed by atoms with Crippen molar-refractivity contribution in [2.75, 3.05) is 0 Å². The van der Waals surface area contributed by atoms with Crippen molar-refractivity contribution in [1.82, 2.24) is 9.55 Å². The topological polar surface area (TPSA) is 67.9 Å². The normalized spacial score (nSPS) is 12.5. The Morgan fingerprint density at radius 1 is 1.33 bits per heavy atom. The highest BCUT2D eigenvalue weighted by Gasteiger charge is 2.33. The summed E-state index contributed by atoms with van der Waals surface area (Å²) in [6, 6.07) is 8.91. The van der Waals surface area contributed by atoms with Gasteiger partial charge in [-0.05, 0) is 24.3 Å². The number of pyridine rings is 1. The predicted octanol–water partition coefficient (Wildman–Crippen LogP) is 2.95. The maximum atomic E-state index is 12.6. The van der Waals surface area contributed by atoms with Crippen molar-refractivity contribution in [3.8, 4) is 11.9 Å². The molecule has 0 aliphatic carbocycles. The standard InChI is InChI=1S/C16H17N3O2/c1-16(2,3)13(20)15(19-9-4-5-10-19)21-14-12(11-17)7-6-8-18-14/h4-10,15H,1-3H3. The van der Waals surface area contributed by atoms with Crippen molar-refractivity contribution < 1.29 is 9.53 Å². The first kappa shape index (κ1) is 14.8. The van der Waals surface area contributed by atoms with E-state index >= 15 is 0 Å². The number of carbonyl (C=O) groups excluding carboxylic acids is 1. The Kier molecular flexibility index (Phi) is 4.08. The molecule has 0 fully saturated rings. The number of hydrogen-bond donors (Lipinski definition) is 0. The molecule has 1 unspecified atom stereocenters. The fraction of sp³-hybridized carbons (Fsp3) is 0.312. The molecule has 0 aliphatic heterocycles. The lowest BCUT2D eigenvalue weighted by Gasteiger charge is -2.26. The van der Waals surface area contributed by atoms with Gasteiger partial charge in [0, 0.05) is 24.0 Å². The minimum Gasteiger partial charge on any atom is -0.445 e. The third-order valence-corrected chi connectivity index (χ3v) is 2.98. The van der Waals surface area contributed by atoms with Crippen molar-refractivity contribution >= 4 is 5.78 Å². The molecule has 108 valence electrons. The zero-order valence-corrected chi connectivity index (χ0v) is 12.3. The Morgan fingerprint density at radius 2 is 2.00 bits per heavy atom. The molecule has 2 aromatic heterocycles. The maximum absolute atomic E-state index is 12.6. The van der Waals surface area contributed by atoms with E-state index in [1.165, 1.54) is 6.20 Å². The van der Waals surface area contributed by atoms with Crippen LogP contribution in [0.4, 0.5) is 0 Å². The van der Waals surface area contributed by atoms with Gasteiger partial charge in [-0.15, -0.1) is 0 Å². The Bertz CT molecular complexity index is 664. The van der Waals surface area contributed by atoms with Crippen molar-refractivity contribution in [3.63, 3.8) is 0 Å². The van der Waals surface area contributed by atoms with Crippen molar-refractivity contribution in [2.45, 2.75) is 27.0 Å². The molecule has 5 nitrogen and oxygen atoms in total. The van der Waals surface area contributed by atoms with Gasteiger partial charge in [0.05, 0.1) is 0 Å². The van der Waals surface area contributed by atoms with Gasteiger partial charge in [0.25, 0.3) is 0 Å². The van der Waals surface area contributed by atoms with E-state index in [1.54, 1.807) is 29.1 Å². The Morgan fingerprint density at radius 3 is 2.57 bits per heavy atom. The lowest BCUT2D eigenvalue weighted by Crippen LogP contribution is -2.34. The van der Waals surface area contributed by atoms with Gasteiger partial charge in [-0.2, -0.15) is 5.26 Å². The van der Waals surface area contributed by atoms with Crippen LogP contribution >= 0.6 is 0 Å². The van der Waals surface area contributed by atoms with Gasteiger partial charge in [-0.25, -0.2) is 4.98 Å². The Balaban J connectivity index is 2.38. The minimum absolute atomic E-state index is 0.0896. The van der Waals surface area contributed by atoms with Gasteiger partial charge in [0.2, 0.25) is 12.1 Å². The largest absolute Gasteiger partial charge is 0.445 e. The number of carbonyl (C=O) groups is 1. The molecule has 21 heavy (non-hydrogen) atoms. The summed E-state index contributed by atoms with van der Waals surface area (Å²) < 4.78 is 7.42. The molecule has 0 aromatic carbocycles. The van der Waals surface area contributed by atoms with Crippen LogP contribution in [0.5, 0.6) is 5.88 Å². The first-order valence-corrected chi connectivity index (χ1v) is 6.62. The van der Waals surface area contributed by atoms with E-state index < -0.39 is 11.6 Å². The SMILES string of the molecule is CC(C)(C)C(=O)C(Oc1ncccc1C#N)n1cccc1. The molecule has 1 atom stereocenters. The van der Waals surface area contributed by atoms with Crippen LogP contribution in [0, 0.1) is 16.7 Å². The summed E-state index contributed by atoms with van der Waals surface area (Å²) in [5.41, 5.74) is -0.271. The number of nitrogens with zero attached hydrogens (tertiary/aromatic N) is 3. The second-order valence-corrected chi connectivity index (χ2v) is 5.68. The zero-order chi connectivity index (χ0) is 15.5. The summed E-state index contributed by atoms with van der Waals surface area (Å²) in [6.45, 7) is 5.50. The van der Waals surface area contributed by atoms with Crippen LogP contribution in [0.3, 0.4) is 0 Å². The molecule has 0 spiro atoms. The van der Waals surface area contributed by atoms with E-state index in [2.05, 4.69) is 4.98 Å². The molecule has 0 N–H and O–H groups in total. The lowest BCUT2D eigenvalue weighted by atomic mass is 9.89. The third-order valence-electron chi connectivity index (χ3n) is 2.98. The summed E-state index contributed by atoms with van der Waals surface area (Å²) in [4.78, 5) is 16.7. The second-order valence-electron chi connectivity index (χ2n) is 5.68. The summed E-state index contributed by atoms with van der Waals surface area (Å²) in [5, 5.41) is 9.10. The number of nitriles is 1. The molecule has 0 bridgehead atoms. The number of Topliss-reactive ketones (excluding diaryl/α,β-unsaturated/α-hetero) is 1. The molecule has 2 rings (SSSR count). The van der Waals surface area contributed by atoms with E-state index in [9.17, 15) is 4.79 Å². The van der Waals surface area contributed by atoms with Crippen molar-refractivity contribution in [1.29, 1.82) is 5.26 Å². The van der Waals surface area contributed by atoms with Gasteiger partial charge < -0.3 is 9.30 Å². The molecule has 2 heterocycles. The first-order valence-electron chi connectivity index (χ1n) is 6.62. The first-order chi connectivity index (χ1) is 9.93. The lowest BCUT2D eigenvalue weighted by molar-refractivity contribution is -0.137. The zero-order valence-electron chi connectivity index (χ0n) is 12.3. The third kappa shape index (κ3) is 3.29. The van der Waals surface area contributed by atoms with E-state index in [0.29, 0.717) is 5.56 Å². The van der Waals surface area contributed by atoms with Gasteiger partial charge in [-0.3, -0.25) is 4.79 Å². The highest BCUT2D eigenvalue weighted by molar-refractivity contribution is 5.86. The number of rotatable bonds is 4. The molecular weight excluding hydrogens is 266 g/mol. The van der Waals surface area contributed by atoms with E-state index in [0.717, 1.165) is 0 Å². The van der Waals surface area contributed by atoms with Gasteiger partial charge >= 0.3 is 0 Å². The second kappa shape index (κ2) is 5.80. The molecule has 5 heteroatoms. The molecular formula is C16H17N3O2. The summed E-state index contributed by atoms with van der Waals surface area (Å²) in [5.74, 6) is 0.0737. The van der Waals surface area contributed by atoms with Crippen LogP contribution in [-0.4, -0.2) is 15.3 Å². The van der Waals surface area contributed by atoms with Gasteiger partial charge in [-0.1, -0.05) is 20.8 Å². The van der Waals surface area contributed by atoms with Crippen LogP contribution in [0.1, 0.15) is 32.6 Å². The monoisotopic (exact) mass is 283 g/mol. The summed E-state index contributed by atoms with van der Waals surface area (Å²) in [6.07, 6.45) is 4.19. The molecule has 2 aromatic rings. The van der Waals surface area contributed by atoms with E-state index in [4.69, 9.17) is 10.00 Å². The molecule has 0 radical (unpaired) electrons. The number of ether oxygens (including phenoxy) is 1. The highest BCUT2D eigenvalue weighted by atomic mass is 16.5. The average Bonchev–Trinajstić information content (AvgIpc) is 2.97. The summed E-state index contributed by atoms with van der Waals surface area (Å²) in [7, 11) is 0. The molecule has 0 aliphatic rings. The molecule has 0 amide bonds. The highest BCUT2D eigenvalue weighted by Crippen LogP contribution is 2.27. The predicted molar refractivity (Wildman–Crippen MR) is 77.5 cm³/mol. The fourth-order valence-electron chi connectivity index (χ4n) is 1.80. The molecule has 0 saturated heterocycles. The number of ketones is 1. The maximum Gasteiger partial charge on any atom is 0.237 e. The van der Waals surface area contributed by atoms with Gasteiger partial charge in [0.1, 0.15) is 11.6 Å². The van der Waals surface area contributed by atoms with Crippen LogP contribution in [-0.2, 0) is 4.79 Å². The number of aromatic nitrogens is 2. The quantitative estimate of drug-likeness (QED) is 0.865. The van der Waals surface area contributed by atoms with Crippen LogP contribution in [0.2, 0.25) is 0 Å². The summed E-state index contributed by atoms with van der Waals surface area (Å²) >= 11 is 0. The van der Waals surface area contributed by atoms with Crippen molar-refractivity contribution in [3.05, 3.63) is 48.4 Å². The fourth-order valence-corrected chi connectivity index (χ4v) is 1.80. The van der Waals surface area contributed by atoms with E-state index in [1.807, 2.05) is 39.0 Å². The smallest absolute Gasteiger partial charge is 0.237 e. The van der Waals surface area contributed by atoms with Crippen LogP contribution in [0.15, 0.2) is 42.9 Å². The molecule has 0 saturated carbocycles. The Labute approximate surface area is 123 Å². The minimum atomic E-state index is -0.845. The van der Waals surface area contributed by atoms with Crippen LogP contribution in [0.25, 0.3) is 0 Å². The average molecular weight is 283 g/mol. The number of hydrogen-bond acceptors (Lipinski definition) is 4. The van der Waals surface area contributed by atoms with Crippen molar-refractivity contribution in [2.24, 2.45) is 5.41 Å².